The highest BCUT2D eigenvalue weighted by Crippen LogP contribution is 2.17. The van der Waals surface area contributed by atoms with Gasteiger partial charge in [0, 0.05) is 0 Å². The minimum absolute atomic E-state index is 0.463. The van der Waals surface area contributed by atoms with E-state index in [4.69, 9.17) is 21.1 Å². The van der Waals surface area contributed by atoms with Crippen LogP contribution in [0.2, 0.25) is 0 Å². The van der Waals surface area contributed by atoms with Gasteiger partial charge in [0.05, 0.1) is 0 Å². The van der Waals surface area contributed by atoms with E-state index in [1.54, 1.807) is 30.3 Å². The van der Waals surface area contributed by atoms with Crippen LogP contribution in [0.4, 0.5) is 0 Å². The number of benzene rings is 1. The van der Waals surface area contributed by atoms with Crippen molar-refractivity contribution in [3.8, 4) is 0 Å². The summed E-state index contributed by atoms with van der Waals surface area (Å²) in [6, 6.07) is 7.15. The molecule has 1 aromatic carbocycles. The first-order chi connectivity index (χ1) is 5.52. The smallest absolute Gasteiger partial charge is 0.295 e. The van der Waals surface area contributed by atoms with Crippen LogP contribution in [0, 0.1) is 0 Å². The Hall–Kier alpha value is -0.940. The van der Waals surface area contributed by atoms with Gasteiger partial charge in [-0.1, -0.05) is 30.3 Å². The molecule has 1 unspecified atom stereocenters. The Bertz CT molecular complexity index is 242. The van der Waals surface area contributed by atoms with Gasteiger partial charge in [0.2, 0.25) is 0 Å². The fraction of sp³-hybridized carbons (Fsp3) is 0.250. The molecule has 0 radical (unpaired) electrons. The van der Waals surface area contributed by atoms with Gasteiger partial charge < -0.3 is 21.1 Å². The number of hydrogen-bond acceptors (Lipinski definition) is 4. The summed E-state index contributed by atoms with van der Waals surface area (Å²) in [7, 11) is 0. The van der Waals surface area contributed by atoms with Crippen LogP contribution in [0.3, 0.4) is 0 Å². The second-order valence-electron chi connectivity index (χ2n) is 2.58. The first kappa shape index (κ1) is 9.15. The van der Waals surface area contributed by atoms with Gasteiger partial charge in [0.25, 0.3) is 5.97 Å². The van der Waals surface area contributed by atoms with Crippen LogP contribution in [0.5, 0.6) is 0 Å². The maximum Gasteiger partial charge on any atom is 0.295 e. The minimum Gasteiger partial charge on any atom is -0.342 e. The van der Waals surface area contributed by atoms with Gasteiger partial charge in [-0.3, -0.25) is 0 Å². The van der Waals surface area contributed by atoms with Crippen molar-refractivity contribution < 1.29 is 15.3 Å². The Morgan fingerprint density at radius 3 is 2.00 bits per heavy atom. The quantitative estimate of drug-likeness (QED) is 0.442. The molecule has 0 bridgehead atoms. The standard InChI is InChI=1S/C8H11NO3/c9-7(8(10,11)12)6-4-2-1-3-5-6/h1-5,7,10-12H,9H2. The normalized spacial score (nSPS) is 14.3. The zero-order chi connectivity index (χ0) is 9.19. The highest BCUT2D eigenvalue weighted by molar-refractivity contribution is 5.19. The zero-order valence-electron chi connectivity index (χ0n) is 6.38. The Morgan fingerprint density at radius 2 is 1.58 bits per heavy atom. The molecule has 4 nitrogen and oxygen atoms in total. The van der Waals surface area contributed by atoms with Crippen molar-refractivity contribution in [3.63, 3.8) is 0 Å². The summed E-state index contributed by atoms with van der Waals surface area (Å²) in [5, 5.41) is 26.2. The Labute approximate surface area is 69.9 Å². The third-order valence-corrected chi connectivity index (χ3v) is 1.58. The fourth-order valence-electron chi connectivity index (χ4n) is 0.884. The molecule has 0 saturated carbocycles. The van der Waals surface area contributed by atoms with Gasteiger partial charge in [0.1, 0.15) is 6.04 Å². The van der Waals surface area contributed by atoms with Gasteiger partial charge >= 0.3 is 0 Å². The van der Waals surface area contributed by atoms with Crippen LogP contribution in [0.15, 0.2) is 30.3 Å². The van der Waals surface area contributed by atoms with E-state index in [9.17, 15) is 0 Å². The molecule has 0 saturated heterocycles. The van der Waals surface area contributed by atoms with Gasteiger partial charge in [-0.2, -0.15) is 0 Å². The zero-order valence-corrected chi connectivity index (χ0v) is 6.38. The molecule has 1 rings (SSSR count). The summed E-state index contributed by atoms with van der Waals surface area (Å²) < 4.78 is 0. The van der Waals surface area contributed by atoms with Gasteiger partial charge in [0.15, 0.2) is 0 Å². The van der Waals surface area contributed by atoms with Gasteiger partial charge in [-0.05, 0) is 5.56 Å². The summed E-state index contributed by atoms with van der Waals surface area (Å²) in [5.74, 6) is -2.86. The second-order valence-corrected chi connectivity index (χ2v) is 2.58. The van der Waals surface area contributed by atoms with E-state index in [0.717, 1.165) is 0 Å². The SMILES string of the molecule is NC(c1ccccc1)C(O)(O)O. The Morgan fingerprint density at radius 1 is 1.08 bits per heavy atom. The predicted octanol–water partition coefficient (Wildman–Crippen LogP) is -0.683. The number of nitrogens with two attached hydrogens (primary N) is 1. The summed E-state index contributed by atoms with van der Waals surface area (Å²) in [6.45, 7) is 0. The molecule has 4 heteroatoms. The lowest BCUT2D eigenvalue weighted by Crippen LogP contribution is -2.40. The number of rotatable bonds is 2. The van der Waals surface area contributed by atoms with E-state index < -0.39 is 12.0 Å². The lowest BCUT2D eigenvalue weighted by Gasteiger charge is -2.21. The van der Waals surface area contributed by atoms with Crippen molar-refractivity contribution in [2.24, 2.45) is 5.73 Å². The van der Waals surface area contributed by atoms with Crippen molar-refractivity contribution >= 4 is 0 Å². The van der Waals surface area contributed by atoms with E-state index in [1.165, 1.54) is 0 Å². The summed E-state index contributed by atoms with van der Waals surface area (Å²) in [5.41, 5.74) is 5.78. The Kier molecular flexibility index (Phi) is 2.44. The fourth-order valence-corrected chi connectivity index (χ4v) is 0.884. The van der Waals surface area contributed by atoms with Crippen LogP contribution in [-0.4, -0.2) is 21.3 Å². The lowest BCUT2D eigenvalue weighted by molar-refractivity contribution is -0.324. The Balaban J connectivity index is 2.86. The molecule has 5 N–H and O–H groups in total. The third kappa shape index (κ3) is 2.02. The maximum atomic E-state index is 8.73. The average molecular weight is 169 g/mol. The van der Waals surface area contributed by atoms with E-state index in [0.29, 0.717) is 5.56 Å². The molecule has 0 amide bonds. The van der Waals surface area contributed by atoms with Crippen molar-refractivity contribution in [3.05, 3.63) is 35.9 Å². The predicted molar refractivity (Wildman–Crippen MR) is 42.8 cm³/mol. The minimum atomic E-state index is -2.86. The van der Waals surface area contributed by atoms with Crippen LogP contribution in [0.25, 0.3) is 0 Å². The van der Waals surface area contributed by atoms with E-state index >= 15 is 0 Å². The molecule has 1 aromatic rings. The monoisotopic (exact) mass is 169 g/mol. The molecular formula is C8H11NO3. The molecular weight excluding hydrogens is 158 g/mol. The average Bonchev–Trinajstić information content (AvgIpc) is 2.03. The molecule has 12 heavy (non-hydrogen) atoms. The highest BCUT2D eigenvalue weighted by Gasteiger charge is 2.29. The van der Waals surface area contributed by atoms with E-state index in [-0.39, 0.29) is 0 Å². The van der Waals surface area contributed by atoms with Crippen molar-refractivity contribution in [2.75, 3.05) is 0 Å². The first-order valence-corrected chi connectivity index (χ1v) is 3.49. The molecule has 0 fully saturated rings. The topological polar surface area (TPSA) is 86.7 Å². The number of hydrogen-bond donors (Lipinski definition) is 4. The molecule has 0 heterocycles. The molecule has 66 valence electrons. The van der Waals surface area contributed by atoms with Crippen LogP contribution >= 0.6 is 0 Å². The van der Waals surface area contributed by atoms with Gasteiger partial charge in [-0.25, -0.2) is 0 Å². The van der Waals surface area contributed by atoms with Crippen molar-refractivity contribution in [1.82, 2.24) is 0 Å². The summed E-state index contributed by atoms with van der Waals surface area (Å²) in [6.07, 6.45) is 0. The molecule has 0 spiro atoms. The molecule has 0 aliphatic rings. The van der Waals surface area contributed by atoms with E-state index in [1.807, 2.05) is 0 Å². The molecule has 0 aromatic heterocycles. The van der Waals surface area contributed by atoms with Crippen LogP contribution < -0.4 is 5.73 Å². The van der Waals surface area contributed by atoms with Crippen LogP contribution in [-0.2, 0) is 0 Å². The molecule has 0 aliphatic heterocycles. The maximum absolute atomic E-state index is 8.73. The van der Waals surface area contributed by atoms with Crippen LogP contribution in [0.1, 0.15) is 11.6 Å². The summed E-state index contributed by atoms with van der Waals surface area (Å²) in [4.78, 5) is 0. The van der Waals surface area contributed by atoms with E-state index in [2.05, 4.69) is 0 Å². The highest BCUT2D eigenvalue weighted by atomic mass is 16.7. The second kappa shape index (κ2) is 3.20. The molecule has 1 atom stereocenters. The first-order valence-electron chi connectivity index (χ1n) is 3.49. The van der Waals surface area contributed by atoms with Gasteiger partial charge in [-0.15, -0.1) is 0 Å². The lowest BCUT2D eigenvalue weighted by atomic mass is 10.1. The number of aliphatic hydroxyl groups is 3. The largest absolute Gasteiger partial charge is 0.342 e. The third-order valence-electron chi connectivity index (χ3n) is 1.58. The summed E-state index contributed by atoms with van der Waals surface area (Å²) >= 11 is 0. The molecule has 0 aliphatic carbocycles. The van der Waals surface area contributed by atoms with Crippen molar-refractivity contribution in [2.45, 2.75) is 12.0 Å². The van der Waals surface area contributed by atoms with Crippen molar-refractivity contribution in [1.29, 1.82) is 0 Å².